The van der Waals surface area contributed by atoms with Crippen LogP contribution < -0.4 is 5.32 Å². The van der Waals surface area contributed by atoms with Gasteiger partial charge in [-0.3, -0.25) is 4.79 Å². The van der Waals surface area contributed by atoms with Crippen molar-refractivity contribution in [2.24, 2.45) is 0 Å². The van der Waals surface area contributed by atoms with E-state index in [2.05, 4.69) is 5.32 Å². The zero-order chi connectivity index (χ0) is 14.4. The summed E-state index contributed by atoms with van der Waals surface area (Å²) in [5.74, 6) is -0.223. The maximum absolute atomic E-state index is 12.0. The number of nitrogens with one attached hydrogen (secondary N) is 1. The molecule has 1 saturated carbocycles. The van der Waals surface area contributed by atoms with E-state index >= 15 is 0 Å². The van der Waals surface area contributed by atoms with Crippen LogP contribution in [0.15, 0.2) is 30.3 Å². The molecule has 110 valence electrons. The molecule has 1 aromatic rings. The largest absolute Gasteiger partial charge is 0.353 e. The van der Waals surface area contributed by atoms with E-state index < -0.39 is 9.84 Å². The average Bonchev–Trinajstić information content (AvgIpc) is 2.90. The van der Waals surface area contributed by atoms with Gasteiger partial charge in [-0.1, -0.05) is 43.2 Å². The van der Waals surface area contributed by atoms with Crippen LogP contribution in [0.25, 0.3) is 0 Å². The fraction of sp³-hybridized carbons (Fsp3) is 0.533. The summed E-state index contributed by atoms with van der Waals surface area (Å²) in [6.07, 6.45) is 4.39. The van der Waals surface area contributed by atoms with Gasteiger partial charge < -0.3 is 5.32 Å². The Kier molecular flexibility index (Phi) is 5.17. The fourth-order valence-corrected chi connectivity index (χ4v) is 3.86. The molecule has 0 aromatic heterocycles. The van der Waals surface area contributed by atoms with Gasteiger partial charge in [-0.2, -0.15) is 0 Å². The highest BCUT2D eigenvalue weighted by atomic mass is 32.2. The molecule has 0 atom stereocenters. The van der Waals surface area contributed by atoms with Gasteiger partial charge >= 0.3 is 0 Å². The Morgan fingerprint density at radius 1 is 1.15 bits per heavy atom. The first-order chi connectivity index (χ1) is 9.55. The van der Waals surface area contributed by atoms with Gasteiger partial charge in [0.05, 0.1) is 11.5 Å². The average molecular weight is 295 g/mol. The van der Waals surface area contributed by atoms with Crippen LogP contribution in [0.2, 0.25) is 0 Å². The lowest BCUT2D eigenvalue weighted by molar-refractivity contribution is -0.121. The smallest absolute Gasteiger partial charge is 0.221 e. The van der Waals surface area contributed by atoms with Gasteiger partial charge in [-0.25, -0.2) is 8.42 Å². The van der Waals surface area contributed by atoms with E-state index in [9.17, 15) is 13.2 Å². The number of sulfone groups is 1. The number of amides is 1. The lowest BCUT2D eigenvalue weighted by atomic mass is 10.2. The molecule has 0 unspecified atom stereocenters. The summed E-state index contributed by atoms with van der Waals surface area (Å²) in [5.41, 5.74) is 0.767. The number of carbonyl (C=O) groups excluding carboxylic acids is 1. The summed E-state index contributed by atoms with van der Waals surface area (Å²) >= 11 is 0. The molecule has 5 heteroatoms. The van der Waals surface area contributed by atoms with Crippen molar-refractivity contribution in [1.82, 2.24) is 5.32 Å². The second kappa shape index (κ2) is 6.88. The van der Waals surface area contributed by atoms with Gasteiger partial charge in [0.2, 0.25) is 5.91 Å². The van der Waals surface area contributed by atoms with Crippen LogP contribution in [0, 0.1) is 0 Å². The molecule has 4 nitrogen and oxygen atoms in total. The van der Waals surface area contributed by atoms with Crippen molar-refractivity contribution in [2.45, 2.75) is 43.9 Å². The molecule has 0 saturated heterocycles. The third-order valence-corrected chi connectivity index (χ3v) is 5.19. The van der Waals surface area contributed by atoms with E-state index in [4.69, 9.17) is 0 Å². The zero-order valence-corrected chi connectivity index (χ0v) is 12.4. The van der Waals surface area contributed by atoms with E-state index in [1.165, 1.54) is 0 Å². The molecule has 1 fully saturated rings. The van der Waals surface area contributed by atoms with Gasteiger partial charge in [0.15, 0.2) is 9.84 Å². The zero-order valence-electron chi connectivity index (χ0n) is 11.5. The van der Waals surface area contributed by atoms with Crippen LogP contribution in [-0.2, 0) is 20.4 Å². The summed E-state index contributed by atoms with van der Waals surface area (Å²) in [4.78, 5) is 11.7. The van der Waals surface area contributed by atoms with Crippen molar-refractivity contribution in [3.05, 3.63) is 35.9 Å². The quantitative estimate of drug-likeness (QED) is 0.873. The predicted octanol–water partition coefficient (Wildman–Crippen LogP) is 2.05. The van der Waals surface area contributed by atoms with E-state index in [-0.39, 0.29) is 29.9 Å². The number of carbonyl (C=O) groups is 1. The summed E-state index contributed by atoms with van der Waals surface area (Å²) < 4.78 is 23.9. The molecule has 1 N–H and O–H groups in total. The molecule has 0 heterocycles. The normalized spacial score (nSPS) is 16.2. The number of hydrogen-bond acceptors (Lipinski definition) is 3. The molecule has 1 aliphatic rings. The second-order valence-electron chi connectivity index (χ2n) is 5.38. The van der Waals surface area contributed by atoms with Crippen LogP contribution in [0.5, 0.6) is 0 Å². The molecular weight excluding hydrogens is 274 g/mol. The highest BCUT2D eigenvalue weighted by molar-refractivity contribution is 7.90. The molecule has 0 aliphatic heterocycles. The van der Waals surface area contributed by atoms with E-state index in [0.29, 0.717) is 0 Å². The van der Waals surface area contributed by atoms with Gasteiger partial charge in [0.1, 0.15) is 0 Å². The maximum atomic E-state index is 12.0. The Morgan fingerprint density at radius 2 is 1.80 bits per heavy atom. The maximum Gasteiger partial charge on any atom is 0.221 e. The summed E-state index contributed by atoms with van der Waals surface area (Å²) in [6, 6.07) is 9.31. The number of benzene rings is 1. The second-order valence-corrected chi connectivity index (χ2v) is 7.56. The first-order valence-corrected chi connectivity index (χ1v) is 8.91. The van der Waals surface area contributed by atoms with E-state index in [1.54, 1.807) is 12.1 Å². The van der Waals surface area contributed by atoms with Crippen molar-refractivity contribution >= 4 is 15.7 Å². The minimum atomic E-state index is -3.22. The highest BCUT2D eigenvalue weighted by Gasteiger charge is 2.19. The van der Waals surface area contributed by atoms with E-state index in [0.717, 1.165) is 31.2 Å². The standard InChI is InChI=1S/C15H21NO3S/c17-15(16-14-8-4-5-9-14)10-11-20(18,19)12-13-6-2-1-3-7-13/h1-3,6-7,14H,4-5,8-12H2,(H,16,17). The van der Waals surface area contributed by atoms with E-state index in [1.807, 2.05) is 18.2 Å². The van der Waals surface area contributed by atoms with Gasteiger partial charge in [-0.05, 0) is 18.4 Å². The monoisotopic (exact) mass is 295 g/mol. The third-order valence-electron chi connectivity index (χ3n) is 3.59. The Morgan fingerprint density at radius 3 is 2.45 bits per heavy atom. The molecule has 1 aromatic carbocycles. The third kappa shape index (κ3) is 4.96. The van der Waals surface area contributed by atoms with Crippen LogP contribution >= 0.6 is 0 Å². The summed E-state index contributed by atoms with van der Waals surface area (Å²) in [5, 5.41) is 2.91. The molecule has 20 heavy (non-hydrogen) atoms. The van der Waals surface area contributed by atoms with Crippen molar-refractivity contribution in [1.29, 1.82) is 0 Å². The van der Waals surface area contributed by atoms with Gasteiger partial charge in [-0.15, -0.1) is 0 Å². The topological polar surface area (TPSA) is 63.2 Å². The molecule has 2 rings (SSSR count). The molecule has 0 radical (unpaired) electrons. The number of rotatable bonds is 6. The Balaban J connectivity index is 1.78. The lowest BCUT2D eigenvalue weighted by Crippen LogP contribution is -2.33. The van der Waals surface area contributed by atoms with Gasteiger partial charge in [0.25, 0.3) is 0 Å². The van der Waals surface area contributed by atoms with Crippen molar-refractivity contribution < 1.29 is 13.2 Å². The molecule has 0 bridgehead atoms. The molecular formula is C15H21NO3S. The summed E-state index contributed by atoms with van der Waals surface area (Å²) in [6.45, 7) is 0. The van der Waals surface area contributed by atoms with Crippen LogP contribution in [0.4, 0.5) is 0 Å². The number of hydrogen-bond donors (Lipinski definition) is 1. The lowest BCUT2D eigenvalue weighted by Gasteiger charge is -2.11. The van der Waals surface area contributed by atoms with Crippen LogP contribution in [0.1, 0.15) is 37.7 Å². The predicted molar refractivity (Wildman–Crippen MR) is 78.9 cm³/mol. The van der Waals surface area contributed by atoms with Crippen molar-refractivity contribution in [3.63, 3.8) is 0 Å². The molecule has 0 spiro atoms. The highest BCUT2D eigenvalue weighted by Crippen LogP contribution is 2.17. The first kappa shape index (κ1) is 15.0. The Bertz CT molecular complexity index is 533. The fourth-order valence-electron chi connectivity index (χ4n) is 2.52. The summed E-state index contributed by atoms with van der Waals surface area (Å²) in [7, 11) is -3.22. The van der Waals surface area contributed by atoms with Crippen LogP contribution in [0.3, 0.4) is 0 Å². The Labute approximate surface area is 120 Å². The minimum Gasteiger partial charge on any atom is -0.353 e. The minimum absolute atomic E-state index is 0.00451. The SMILES string of the molecule is O=C(CCS(=O)(=O)Cc1ccccc1)NC1CCCC1. The van der Waals surface area contributed by atoms with Crippen molar-refractivity contribution in [2.75, 3.05) is 5.75 Å². The Hall–Kier alpha value is -1.36. The molecule has 1 amide bonds. The molecule has 1 aliphatic carbocycles. The van der Waals surface area contributed by atoms with Crippen molar-refractivity contribution in [3.8, 4) is 0 Å². The first-order valence-electron chi connectivity index (χ1n) is 7.09. The van der Waals surface area contributed by atoms with Gasteiger partial charge in [0, 0.05) is 12.5 Å². The van der Waals surface area contributed by atoms with Crippen LogP contribution in [-0.4, -0.2) is 26.1 Å².